The number of hydrogen-bond acceptors (Lipinski definition) is 4. The van der Waals surface area contributed by atoms with E-state index in [1.807, 2.05) is 42.5 Å². The van der Waals surface area contributed by atoms with E-state index in [0.717, 1.165) is 15.6 Å². The van der Waals surface area contributed by atoms with Crippen LogP contribution in [0, 0.1) is 0 Å². The number of carbonyl (C=O) groups excluding carboxylic acids is 2. The van der Waals surface area contributed by atoms with E-state index in [1.54, 1.807) is 6.07 Å². The Balaban J connectivity index is 1.79. The number of amides is 1. The molecule has 6 heteroatoms. The van der Waals surface area contributed by atoms with E-state index in [2.05, 4.69) is 15.9 Å². The van der Waals surface area contributed by atoms with Crippen LogP contribution in [0.1, 0.15) is 17.0 Å². The Morgan fingerprint density at radius 3 is 2.67 bits per heavy atom. The highest BCUT2D eigenvalue weighted by atomic mass is 79.9. The summed E-state index contributed by atoms with van der Waals surface area (Å²) in [6, 6.07) is 14.9. The molecule has 2 aromatic carbocycles. The molecule has 0 radical (unpaired) electrons. The van der Waals surface area contributed by atoms with Crippen molar-refractivity contribution in [3.8, 4) is 0 Å². The van der Waals surface area contributed by atoms with Gasteiger partial charge in [-0.3, -0.25) is 9.69 Å². The third kappa shape index (κ3) is 3.28. The molecule has 1 atom stereocenters. The molecule has 2 aromatic rings. The molecule has 0 spiro atoms. The minimum atomic E-state index is -0.508. The first-order chi connectivity index (χ1) is 11.6. The molecule has 1 aliphatic heterocycles. The summed E-state index contributed by atoms with van der Waals surface area (Å²) in [6.07, 6.45) is -0.478. The molecule has 0 bridgehead atoms. The van der Waals surface area contributed by atoms with E-state index in [4.69, 9.17) is 9.47 Å². The molecule has 1 unspecified atom stereocenters. The van der Waals surface area contributed by atoms with E-state index in [1.165, 1.54) is 12.0 Å². The quantitative estimate of drug-likeness (QED) is 0.747. The molecule has 1 amide bonds. The summed E-state index contributed by atoms with van der Waals surface area (Å²) >= 11 is 3.39. The fraction of sp³-hybridized carbons (Fsp3) is 0.222. The van der Waals surface area contributed by atoms with Gasteiger partial charge in [-0.25, -0.2) is 4.79 Å². The summed E-state index contributed by atoms with van der Waals surface area (Å²) < 4.78 is 11.1. The summed E-state index contributed by atoms with van der Waals surface area (Å²) in [7, 11) is 1.34. The molecular weight excluding hydrogens is 374 g/mol. The Kier molecular flexibility index (Phi) is 4.85. The van der Waals surface area contributed by atoms with Crippen LogP contribution in [-0.4, -0.2) is 25.7 Å². The summed E-state index contributed by atoms with van der Waals surface area (Å²) in [5, 5.41) is 0. The number of hydrogen-bond donors (Lipinski definition) is 0. The van der Waals surface area contributed by atoms with Crippen molar-refractivity contribution in [1.82, 2.24) is 0 Å². The highest BCUT2D eigenvalue weighted by Gasteiger charge is 2.38. The highest BCUT2D eigenvalue weighted by molar-refractivity contribution is 9.10. The maximum absolute atomic E-state index is 12.5. The van der Waals surface area contributed by atoms with E-state index in [9.17, 15) is 9.59 Å². The van der Waals surface area contributed by atoms with Gasteiger partial charge in [-0.1, -0.05) is 46.3 Å². The molecule has 3 rings (SSSR count). The number of anilines is 1. The van der Waals surface area contributed by atoms with Crippen LogP contribution in [0.5, 0.6) is 0 Å². The summed E-state index contributed by atoms with van der Waals surface area (Å²) in [5.41, 5.74) is 2.34. The zero-order chi connectivity index (χ0) is 17.1. The Hall–Kier alpha value is -2.34. The lowest BCUT2D eigenvalue weighted by Crippen LogP contribution is -2.32. The Bertz CT molecular complexity index is 763. The van der Waals surface area contributed by atoms with Crippen molar-refractivity contribution in [2.45, 2.75) is 12.5 Å². The van der Waals surface area contributed by atoms with Gasteiger partial charge in [-0.05, 0) is 29.3 Å². The number of rotatable bonds is 3. The van der Waals surface area contributed by atoms with Crippen LogP contribution >= 0.6 is 15.9 Å². The van der Waals surface area contributed by atoms with Crippen molar-refractivity contribution in [3.63, 3.8) is 0 Å². The van der Waals surface area contributed by atoms with Crippen LogP contribution in [0.4, 0.5) is 10.5 Å². The molecule has 24 heavy (non-hydrogen) atoms. The van der Waals surface area contributed by atoms with Crippen molar-refractivity contribution in [3.05, 3.63) is 64.1 Å². The lowest BCUT2D eigenvalue weighted by Gasteiger charge is -2.17. The highest BCUT2D eigenvalue weighted by Crippen LogP contribution is 2.39. The minimum absolute atomic E-state index is 0.185. The standard InChI is InChI=1S/C18H16BrNO4/c1-23-17(21)15-10-20(16-8-7-13(19)9-14(15)16)18(22)24-11-12-5-3-2-4-6-12/h2-9,15H,10-11H2,1H3. The van der Waals surface area contributed by atoms with E-state index < -0.39 is 12.0 Å². The van der Waals surface area contributed by atoms with Crippen molar-refractivity contribution < 1.29 is 19.1 Å². The average molecular weight is 390 g/mol. The normalized spacial score (nSPS) is 15.8. The number of fused-ring (bicyclic) bond motifs is 1. The van der Waals surface area contributed by atoms with E-state index in [0.29, 0.717) is 5.69 Å². The van der Waals surface area contributed by atoms with E-state index in [-0.39, 0.29) is 19.1 Å². The Labute approximate surface area is 148 Å². The second-order valence-electron chi connectivity index (χ2n) is 5.43. The van der Waals surface area contributed by atoms with Gasteiger partial charge >= 0.3 is 12.1 Å². The first-order valence-corrected chi connectivity index (χ1v) is 8.25. The Morgan fingerprint density at radius 2 is 1.96 bits per heavy atom. The van der Waals surface area contributed by atoms with Crippen LogP contribution in [-0.2, 0) is 20.9 Å². The second-order valence-corrected chi connectivity index (χ2v) is 6.35. The van der Waals surface area contributed by atoms with Crippen molar-refractivity contribution >= 4 is 33.7 Å². The molecular formula is C18H16BrNO4. The van der Waals surface area contributed by atoms with Crippen molar-refractivity contribution in [2.24, 2.45) is 0 Å². The first-order valence-electron chi connectivity index (χ1n) is 7.45. The molecule has 5 nitrogen and oxygen atoms in total. The first kappa shape index (κ1) is 16.5. The summed E-state index contributed by atoms with van der Waals surface area (Å²) in [6.45, 7) is 0.400. The van der Waals surface area contributed by atoms with Gasteiger partial charge in [0, 0.05) is 11.0 Å². The molecule has 0 aromatic heterocycles. The second kappa shape index (κ2) is 7.05. The molecule has 0 aliphatic carbocycles. The van der Waals surface area contributed by atoms with E-state index >= 15 is 0 Å². The predicted octanol–water partition coefficient (Wildman–Crippen LogP) is 3.86. The summed E-state index contributed by atoms with van der Waals surface area (Å²) in [5.74, 6) is -0.875. The molecule has 1 heterocycles. The third-order valence-electron chi connectivity index (χ3n) is 3.93. The van der Waals surface area contributed by atoms with Gasteiger partial charge in [0.05, 0.1) is 12.8 Å². The van der Waals surface area contributed by atoms with Gasteiger partial charge < -0.3 is 9.47 Å². The van der Waals surface area contributed by atoms with Gasteiger partial charge in [0.15, 0.2) is 0 Å². The van der Waals surface area contributed by atoms with Crippen LogP contribution in [0.2, 0.25) is 0 Å². The number of nitrogens with zero attached hydrogens (tertiary/aromatic N) is 1. The number of esters is 1. The smallest absolute Gasteiger partial charge is 0.414 e. The fourth-order valence-corrected chi connectivity index (χ4v) is 3.12. The van der Waals surface area contributed by atoms with Gasteiger partial charge in [0.2, 0.25) is 0 Å². The number of halogens is 1. The predicted molar refractivity (Wildman–Crippen MR) is 92.9 cm³/mol. The topological polar surface area (TPSA) is 55.8 Å². The van der Waals surface area contributed by atoms with Crippen LogP contribution in [0.15, 0.2) is 53.0 Å². The number of benzene rings is 2. The zero-order valence-corrected chi connectivity index (χ0v) is 14.7. The largest absolute Gasteiger partial charge is 0.468 e. The molecule has 0 saturated carbocycles. The van der Waals surface area contributed by atoms with Gasteiger partial charge in [-0.15, -0.1) is 0 Å². The minimum Gasteiger partial charge on any atom is -0.468 e. The lowest BCUT2D eigenvalue weighted by molar-refractivity contribution is -0.142. The molecule has 124 valence electrons. The van der Waals surface area contributed by atoms with Gasteiger partial charge in [-0.2, -0.15) is 0 Å². The van der Waals surface area contributed by atoms with Crippen LogP contribution in [0.3, 0.4) is 0 Å². The molecule has 0 saturated heterocycles. The maximum Gasteiger partial charge on any atom is 0.414 e. The lowest BCUT2D eigenvalue weighted by atomic mass is 10.0. The third-order valence-corrected chi connectivity index (χ3v) is 4.43. The number of ether oxygens (including phenoxy) is 2. The monoisotopic (exact) mass is 389 g/mol. The summed E-state index contributed by atoms with van der Waals surface area (Å²) in [4.78, 5) is 26.0. The SMILES string of the molecule is COC(=O)C1CN(C(=O)OCc2ccccc2)c2ccc(Br)cc21. The van der Waals surface area contributed by atoms with Crippen LogP contribution in [0.25, 0.3) is 0 Å². The Morgan fingerprint density at radius 1 is 1.21 bits per heavy atom. The average Bonchev–Trinajstić information content (AvgIpc) is 2.98. The maximum atomic E-state index is 12.5. The van der Waals surface area contributed by atoms with Crippen molar-refractivity contribution in [1.29, 1.82) is 0 Å². The number of carbonyl (C=O) groups is 2. The fourth-order valence-electron chi connectivity index (χ4n) is 2.74. The zero-order valence-electron chi connectivity index (χ0n) is 13.1. The van der Waals surface area contributed by atoms with Gasteiger partial charge in [0.1, 0.15) is 12.5 Å². The number of methoxy groups -OCH3 is 1. The van der Waals surface area contributed by atoms with Crippen molar-refractivity contribution in [2.75, 3.05) is 18.6 Å². The molecule has 0 fully saturated rings. The molecule has 0 N–H and O–H groups in total. The molecule has 1 aliphatic rings. The van der Waals surface area contributed by atoms with Crippen LogP contribution < -0.4 is 4.90 Å². The van der Waals surface area contributed by atoms with Gasteiger partial charge in [0.25, 0.3) is 0 Å².